The molecule has 2 heterocycles. The molecule has 1 atom stereocenters. The third kappa shape index (κ3) is 4.35. The highest BCUT2D eigenvalue weighted by Crippen LogP contribution is 2.44. The summed E-state index contributed by atoms with van der Waals surface area (Å²) in [5, 5.41) is 18.4. The van der Waals surface area contributed by atoms with Crippen LogP contribution in [0.3, 0.4) is 0 Å². The summed E-state index contributed by atoms with van der Waals surface area (Å²) in [7, 11) is -4.03. The summed E-state index contributed by atoms with van der Waals surface area (Å²) in [5.74, 6) is 0.139. The van der Waals surface area contributed by atoms with Crippen LogP contribution in [0.2, 0.25) is 0 Å². The summed E-state index contributed by atoms with van der Waals surface area (Å²) >= 11 is 0. The van der Waals surface area contributed by atoms with Crippen molar-refractivity contribution in [3.05, 3.63) is 30.1 Å². The van der Waals surface area contributed by atoms with Crippen LogP contribution in [-0.2, 0) is 21.4 Å². The van der Waals surface area contributed by atoms with Crippen molar-refractivity contribution in [2.75, 3.05) is 22.7 Å². The molecule has 0 radical (unpaired) electrons. The fourth-order valence-corrected chi connectivity index (χ4v) is 5.37. The zero-order valence-electron chi connectivity index (χ0n) is 17.7. The lowest BCUT2D eigenvalue weighted by atomic mass is 10.2. The first kappa shape index (κ1) is 21.9. The molecule has 1 saturated carbocycles. The van der Waals surface area contributed by atoms with Gasteiger partial charge in [0.1, 0.15) is 16.7 Å². The van der Waals surface area contributed by atoms with Gasteiger partial charge in [-0.1, -0.05) is 0 Å². The molecule has 2 aromatic rings. The Morgan fingerprint density at radius 3 is 2.69 bits per heavy atom. The van der Waals surface area contributed by atoms with Gasteiger partial charge in [0.2, 0.25) is 5.91 Å². The van der Waals surface area contributed by atoms with Gasteiger partial charge in [-0.3, -0.25) is 19.1 Å². The molecule has 1 aliphatic carbocycles. The molecule has 4 rings (SSSR count). The standard InChI is InChI=1S/C20H25N5O6S/c1-3-24-11-18(19(23-24)13-4-5-13)32(29,30)25-10-15(9-21-12(2)26)31-17-7-6-14(8-16(17)25)22-20(27)28/h6-8,11,13,15,22H,3-5,9-10H2,1-2H3,(H,21,26)(H,27,28). The highest BCUT2D eigenvalue weighted by molar-refractivity contribution is 7.92. The molecule has 1 aromatic carbocycles. The molecule has 0 bridgehead atoms. The zero-order chi connectivity index (χ0) is 23.0. The number of nitrogens with one attached hydrogen (secondary N) is 2. The average molecular weight is 464 g/mol. The molecule has 11 nitrogen and oxygen atoms in total. The van der Waals surface area contributed by atoms with Crippen LogP contribution >= 0.6 is 0 Å². The number of nitrogens with zero attached hydrogens (tertiary/aromatic N) is 3. The van der Waals surface area contributed by atoms with Gasteiger partial charge in [-0.2, -0.15) is 5.10 Å². The summed E-state index contributed by atoms with van der Waals surface area (Å²) in [6.07, 6.45) is 1.44. The fraction of sp³-hybridized carbons (Fsp3) is 0.450. The SMILES string of the molecule is CCn1cc(S(=O)(=O)N2CC(CNC(C)=O)Oc3ccc(NC(=O)O)cc32)c(C2CC2)n1. The third-order valence-corrected chi connectivity index (χ3v) is 7.13. The first-order valence-corrected chi connectivity index (χ1v) is 11.8. The minimum Gasteiger partial charge on any atom is -0.484 e. The quantitative estimate of drug-likeness (QED) is 0.569. The van der Waals surface area contributed by atoms with Gasteiger partial charge in [0.15, 0.2) is 0 Å². The molecule has 172 valence electrons. The number of aromatic nitrogens is 2. The molecule has 12 heteroatoms. The number of carbonyl (C=O) groups excluding carboxylic acids is 1. The van der Waals surface area contributed by atoms with Crippen LogP contribution < -0.4 is 19.7 Å². The molecule has 32 heavy (non-hydrogen) atoms. The summed E-state index contributed by atoms with van der Waals surface area (Å²) < 4.78 is 36.4. The second kappa shape index (κ2) is 8.34. The van der Waals surface area contributed by atoms with Crippen molar-refractivity contribution >= 4 is 33.4 Å². The Morgan fingerprint density at radius 1 is 1.31 bits per heavy atom. The highest BCUT2D eigenvalue weighted by atomic mass is 32.2. The number of hydrogen-bond acceptors (Lipinski definition) is 6. The highest BCUT2D eigenvalue weighted by Gasteiger charge is 2.40. The Hall–Kier alpha value is -3.28. The summed E-state index contributed by atoms with van der Waals surface area (Å²) in [5.41, 5.74) is 0.992. The number of carbonyl (C=O) groups is 2. The molecule has 2 amide bonds. The van der Waals surface area contributed by atoms with E-state index >= 15 is 0 Å². The maximum absolute atomic E-state index is 13.8. The van der Waals surface area contributed by atoms with E-state index in [-0.39, 0.29) is 46.9 Å². The minimum absolute atomic E-state index is 0.0481. The molecule has 1 aliphatic heterocycles. The summed E-state index contributed by atoms with van der Waals surface area (Å²) in [6.45, 7) is 3.87. The number of anilines is 2. The van der Waals surface area contributed by atoms with Crippen LogP contribution in [0, 0.1) is 0 Å². The molecule has 1 fully saturated rings. The number of sulfonamides is 1. The molecule has 1 aromatic heterocycles. The minimum atomic E-state index is -4.03. The zero-order valence-corrected chi connectivity index (χ0v) is 18.6. The number of amides is 2. The predicted octanol–water partition coefficient (Wildman–Crippen LogP) is 1.96. The lowest BCUT2D eigenvalue weighted by Gasteiger charge is -2.35. The monoisotopic (exact) mass is 463 g/mol. The van der Waals surface area contributed by atoms with Crippen molar-refractivity contribution in [1.82, 2.24) is 15.1 Å². The number of carboxylic acid groups (broad SMARTS) is 1. The van der Waals surface area contributed by atoms with Crippen LogP contribution in [-0.4, -0.2) is 54.5 Å². The maximum Gasteiger partial charge on any atom is 0.409 e. The van der Waals surface area contributed by atoms with E-state index in [4.69, 9.17) is 9.84 Å². The van der Waals surface area contributed by atoms with Crippen molar-refractivity contribution in [1.29, 1.82) is 0 Å². The molecule has 0 spiro atoms. The van der Waals surface area contributed by atoms with Crippen LogP contribution in [0.25, 0.3) is 0 Å². The second-order valence-corrected chi connectivity index (χ2v) is 9.67. The van der Waals surface area contributed by atoms with E-state index in [0.717, 1.165) is 12.8 Å². The largest absolute Gasteiger partial charge is 0.484 e. The van der Waals surface area contributed by atoms with Crippen LogP contribution in [0.5, 0.6) is 5.75 Å². The van der Waals surface area contributed by atoms with Gasteiger partial charge in [-0.15, -0.1) is 0 Å². The van der Waals surface area contributed by atoms with Crippen molar-refractivity contribution in [3.63, 3.8) is 0 Å². The molecule has 0 saturated heterocycles. The Kier molecular flexibility index (Phi) is 5.71. The predicted molar refractivity (Wildman–Crippen MR) is 116 cm³/mol. The van der Waals surface area contributed by atoms with E-state index in [0.29, 0.717) is 12.2 Å². The smallest absolute Gasteiger partial charge is 0.409 e. The van der Waals surface area contributed by atoms with Gasteiger partial charge in [-0.25, -0.2) is 13.2 Å². The van der Waals surface area contributed by atoms with Gasteiger partial charge in [-0.05, 0) is 38.0 Å². The number of ether oxygens (including phenoxy) is 1. The number of rotatable bonds is 7. The maximum atomic E-state index is 13.8. The van der Waals surface area contributed by atoms with Gasteiger partial charge >= 0.3 is 6.09 Å². The summed E-state index contributed by atoms with van der Waals surface area (Å²) in [4.78, 5) is 22.6. The molecular formula is C20H25N5O6S. The second-order valence-electron chi connectivity index (χ2n) is 7.83. The Balaban J connectivity index is 1.77. The number of fused-ring (bicyclic) bond motifs is 1. The van der Waals surface area contributed by atoms with Gasteiger partial charge in [0.25, 0.3) is 10.0 Å². The van der Waals surface area contributed by atoms with Crippen LogP contribution in [0.1, 0.15) is 38.3 Å². The molecule has 3 N–H and O–H groups in total. The number of hydrogen-bond donors (Lipinski definition) is 3. The van der Waals surface area contributed by atoms with Gasteiger partial charge in [0.05, 0.1) is 24.5 Å². The van der Waals surface area contributed by atoms with Crippen LogP contribution in [0.15, 0.2) is 29.3 Å². The number of benzene rings is 1. The first-order chi connectivity index (χ1) is 15.2. The van der Waals surface area contributed by atoms with Crippen molar-refractivity contribution in [3.8, 4) is 5.75 Å². The third-order valence-electron chi connectivity index (χ3n) is 5.33. The van der Waals surface area contributed by atoms with Crippen molar-refractivity contribution in [2.24, 2.45) is 0 Å². The van der Waals surface area contributed by atoms with Gasteiger partial charge < -0.3 is 15.2 Å². The Labute approximate surface area is 185 Å². The van der Waals surface area contributed by atoms with E-state index in [1.54, 1.807) is 10.9 Å². The van der Waals surface area contributed by atoms with Gasteiger partial charge in [0, 0.05) is 31.3 Å². The van der Waals surface area contributed by atoms with E-state index in [2.05, 4.69) is 15.7 Å². The van der Waals surface area contributed by atoms with Crippen molar-refractivity contribution in [2.45, 2.75) is 50.2 Å². The summed E-state index contributed by atoms with van der Waals surface area (Å²) in [6, 6.07) is 4.43. The Bertz CT molecular complexity index is 1160. The molecule has 2 aliphatic rings. The normalized spacial score (nSPS) is 17.9. The lowest BCUT2D eigenvalue weighted by Crippen LogP contribution is -2.48. The first-order valence-electron chi connectivity index (χ1n) is 10.3. The lowest BCUT2D eigenvalue weighted by molar-refractivity contribution is -0.119. The molecular weight excluding hydrogens is 438 g/mol. The van der Waals surface area contributed by atoms with E-state index in [9.17, 15) is 18.0 Å². The van der Waals surface area contributed by atoms with E-state index in [1.165, 1.54) is 29.4 Å². The van der Waals surface area contributed by atoms with Crippen molar-refractivity contribution < 1.29 is 27.9 Å². The topological polar surface area (TPSA) is 143 Å². The van der Waals surface area contributed by atoms with Crippen LogP contribution in [0.4, 0.5) is 16.2 Å². The number of aryl methyl sites for hydroxylation is 1. The Morgan fingerprint density at radius 2 is 2.06 bits per heavy atom. The van der Waals surface area contributed by atoms with E-state index in [1.807, 2.05) is 6.92 Å². The fourth-order valence-electron chi connectivity index (χ4n) is 3.64. The van der Waals surface area contributed by atoms with E-state index < -0.39 is 22.2 Å². The molecule has 1 unspecified atom stereocenters. The average Bonchev–Trinajstić information content (AvgIpc) is 3.49.